The van der Waals surface area contributed by atoms with Gasteiger partial charge in [0.25, 0.3) is 0 Å². The van der Waals surface area contributed by atoms with Crippen molar-refractivity contribution in [2.24, 2.45) is 0 Å². The van der Waals surface area contributed by atoms with E-state index in [1.807, 2.05) is 35.2 Å². The lowest BCUT2D eigenvalue weighted by Gasteiger charge is -2.35. The zero-order valence-electron chi connectivity index (χ0n) is 17.0. The molecular weight excluding hydrogens is 486 g/mol. The second-order valence-corrected chi connectivity index (χ2v) is 10.3. The largest absolute Gasteiger partial charge is 0.354 e. The molecule has 1 aliphatic rings. The summed E-state index contributed by atoms with van der Waals surface area (Å²) in [5.74, 6) is 0.483. The topological polar surface area (TPSA) is 107 Å². The van der Waals surface area contributed by atoms with Gasteiger partial charge in [0.2, 0.25) is 16.4 Å². The minimum atomic E-state index is -3.64. The molecule has 168 valence electrons. The number of anilines is 1. The van der Waals surface area contributed by atoms with Crippen LogP contribution < -0.4 is 4.90 Å². The summed E-state index contributed by atoms with van der Waals surface area (Å²) in [5.41, 5.74) is 0.886. The van der Waals surface area contributed by atoms with E-state index in [0.717, 1.165) is 16.0 Å². The highest BCUT2D eigenvalue weighted by Crippen LogP contribution is 2.19. The molecule has 0 aromatic carbocycles. The molecule has 0 aliphatic carbocycles. The maximum absolute atomic E-state index is 13.0. The fraction of sp³-hybridized carbons (Fsp3) is 0.450. The average molecular weight is 512 g/mol. The third-order valence-electron chi connectivity index (χ3n) is 5.25. The van der Waals surface area contributed by atoms with Crippen LogP contribution in [-0.4, -0.2) is 77.3 Å². The molecule has 3 heterocycles. The smallest absolute Gasteiger partial charge is 0.233 e. The highest BCUT2D eigenvalue weighted by Gasteiger charge is 2.31. The van der Waals surface area contributed by atoms with Crippen molar-refractivity contribution in [1.82, 2.24) is 19.3 Å². The molecule has 2 aromatic heterocycles. The first-order valence-corrected chi connectivity index (χ1v) is 12.5. The van der Waals surface area contributed by atoms with Gasteiger partial charge in [-0.05, 0) is 59.5 Å². The minimum absolute atomic E-state index is 0.262. The molecule has 9 nitrogen and oxygen atoms in total. The summed E-state index contributed by atoms with van der Waals surface area (Å²) in [7, 11) is -3.64. The zero-order chi connectivity index (χ0) is 22.3. The van der Waals surface area contributed by atoms with Crippen molar-refractivity contribution in [2.45, 2.75) is 25.3 Å². The minimum Gasteiger partial charge on any atom is -0.354 e. The second-order valence-electron chi connectivity index (χ2n) is 7.35. The van der Waals surface area contributed by atoms with Crippen LogP contribution in [0.15, 0.2) is 47.2 Å². The number of carbonyl (C=O) groups excluding carboxylic acids is 1. The molecule has 11 heteroatoms. The van der Waals surface area contributed by atoms with Crippen molar-refractivity contribution in [3.05, 3.63) is 52.9 Å². The third kappa shape index (κ3) is 6.70. The van der Waals surface area contributed by atoms with Crippen molar-refractivity contribution in [3.8, 4) is 0 Å². The van der Waals surface area contributed by atoms with Crippen LogP contribution in [-0.2, 0) is 21.2 Å². The van der Waals surface area contributed by atoms with Gasteiger partial charge in [0.15, 0.2) is 0 Å². The summed E-state index contributed by atoms with van der Waals surface area (Å²) in [5, 5.41) is 10.4. The molecule has 0 radical (unpaired) electrons. The van der Waals surface area contributed by atoms with Crippen molar-refractivity contribution >= 4 is 38.2 Å². The zero-order valence-corrected chi connectivity index (χ0v) is 19.4. The highest BCUT2D eigenvalue weighted by atomic mass is 79.9. The lowest BCUT2D eigenvalue weighted by molar-refractivity contribution is -0.158. The van der Waals surface area contributed by atoms with Crippen molar-refractivity contribution < 1.29 is 18.4 Å². The first-order chi connectivity index (χ1) is 14.9. The summed E-state index contributed by atoms with van der Waals surface area (Å²) < 4.78 is 28.2. The summed E-state index contributed by atoms with van der Waals surface area (Å²) in [6, 6.07) is 8.58. The van der Waals surface area contributed by atoms with Crippen LogP contribution >= 0.6 is 15.9 Å². The molecule has 2 aromatic rings. The number of hydrogen-bond acceptors (Lipinski definition) is 7. The Bertz CT molecular complexity index is 938. The van der Waals surface area contributed by atoms with Gasteiger partial charge < -0.3 is 4.90 Å². The number of nitrogens with zero attached hydrogens (tertiary/aromatic N) is 5. The van der Waals surface area contributed by atoms with E-state index in [-0.39, 0.29) is 12.2 Å². The van der Waals surface area contributed by atoms with E-state index in [4.69, 9.17) is 0 Å². The lowest BCUT2D eigenvalue weighted by atomic mass is 10.1. The first-order valence-electron chi connectivity index (χ1n) is 10.1. The molecule has 1 saturated heterocycles. The molecular formula is C20H26BrN5O4S. The number of sulfonamides is 1. The predicted molar refractivity (Wildman–Crippen MR) is 120 cm³/mol. The number of aryl methyl sites for hydroxylation is 1. The lowest BCUT2D eigenvalue weighted by Crippen LogP contribution is -2.51. The monoisotopic (exact) mass is 511 g/mol. The van der Waals surface area contributed by atoms with Crippen LogP contribution in [0.25, 0.3) is 0 Å². The number of aromatic nitrogens is 2. The molecule has 1 N–H and O–H groups in total. The van der Waals surface area contributed by atoms with Gasteiger partial charge in [-0.1, -0.05) is 6.07 Å². The number of hydroxylamine groups is 2. The maximum atomic E-state index is 13.0. The fourth-order valence-corrected chi connectivity index (χ4v) is 5.51. The van der Waals surface area contributed by atoms with Gasteiger partial charge >= 0.3 is 0 Å². The van der Waals surface area contributed by atoms with Crippen molar-refractivity contribution in [1.29, 1.82) is 0 Å². The maximum Gasteiger partial charge on any atom is 0.233 e. The number of halogens is 1. The molecule has 1 aliphatic heterocycles. The molecule has 1 fully saturated rings. The second kappa shape index (κ2) is 11.0. The fourth-order valence-electron chi connectivity index (χ4n) is 3.54. The van der Waals surface area contributed by atoms with Gasteiger partial charge in [-0.15, -0.1) is 0 Å². The van der Waals surface area contributed by atoms with Gasteiger partial charge in [-0.2, -0.15) is 4.31 Å². The Hall–Kier alpha value is -2.08. The van der Waals surface area contributed by atoms with E-state index in [1.54, 1.807) is 12.4 Å². The Morgan fingerprint density at radius 3 is 2.55 bits per heavy atom. The molecule has 3 rings (SSSR count). The van der Waals surface area contributed by atoms with Gasteiger partial charge in [-0.25, -0.2) is 18.5 Å². The standard InChI is InChI=1S/C20H26BrN5O4S/c21-17-7-8-20(23-14-17)24-10-12-25(13-11-24)31(29,30)15-19(26(28)16-27)6-3-5-18-4-1-2-9-22-18/h1-2,4,7-9,14,16,19,28H,3,5-6,10-13,15H2/t19-/m0/s1. The van der Waals surface area contributed by atoms with Gasteiger partial charge in [0.05, 0.1) is 11.8 Å². The molecule has 1 amide bonds. The summed E-state index contributed by atoms with van der Waals surface area (Å²) in [6.07, 6.45) is 5.27. The molecule has 0 spiro atoms. The molecule has 0 unspecified atom stereocenters. The van der Waals surface area contributed by atoms with Crippen LogP contribution in [0.1, 0.15) is 18.5 Å². The number of rotatable bonds is 10. The Labute approximate surface area is 190 Å². The van der Waals surface area contributed by atoms with E-state index >= 15 is 0 Å². The van der Waals surface area contributed by atoms with Crippen LogP contribution in [0.4, 0.5) is 5.82 Å². The average Bonchev–Trinajstić information content (AvgIpc) is 2.79. The van der Waals surface area contributed by atoms with Crippen LogP contribution in [0, 0.1) is 0 Å². The van der Waals surface area contributed by atoms with Crippen LogP contribution in [0.2, 0.25) is 0 Å². The quantitative estimate of drug-likeness (QED) is 0.295. The predicted octanol–water partition coefficient (Wildman–Crippen LogP) is 1.93. The van der Waals surface area contributed by atoms with Gasteiger partial charge in [-0.3, -0.25) is 15.0 Å². The van der Waals surface area contributed by atoms with Crippen molar-refractivity contribution in [2.75, 3.05) is 36.8 Å². The molecule has 0 bridgehead atoms. The number of hydrogen-bond donors (Lipinski definition) is 1. The summed E-state index contributed by atoms with van der Waals surface area (Å²) >= 11 is 3.36. The molecule has 1 atom stereocenters. The van der Waals surface area contributed by atoms with E-state index in [2.05, 4.69) is 25.9 Å². The summed E-state index contributed by atoms with van der Waals surface area (Å²) in [6.45, 7) is 1.70. The van der Waals surface area contributed by atoms with Crippen LogP contribution in [0.3, 0.4) is 0 Å². The van der Waals surface area contributed by atoms with E-state index in [9.17, 15) is 18.4 Å². The Morgan fingerprint density at radius 2 is 1.94 bits per heavy atom. The number of pyridine rings is 2. The van der Waals surface area contributed by atoms with Crippen molar-refractivity contribution in [3.63, 3.8) is 0 Å². The third-order valence-corrected chi connectivity index (χ3v) is 7.68. The molecule has 0 saturated carbocycles. The van der Waals surface area contributed by atoms with Gasteiger partial charge in [0, 0.05) is 48.7 Å². The first kappa shape index (κ1) is 23.6. The van der Waals surface area contributed by atoms with Crippen LogP contribution in [0.5, 0.6) is 0 Å². The Morgan fingerprint density at radius 1 is 1.16 bits per heavy atom. The summed E-state index contributed by atoms with van der Waals surface area (Å²) in [4.78, 5) is 21.7. The number of piperazine rings is 1. The van der Waals surface area contributed by atoms with E-state index in [0.29, 0.717) is 50.5 Å². The normalized spacial score (nSPS) is 16.1. The van der Waals surface area contributed by atoms with E-state index < -0.39 is 16.1 Å². The van der Waals surface area contributed by atoms with Gasteiger partial charge in [0.1, 0.15) is 5.82 Å². The van der Waals surface area contributed by atoms with E-state index in [1.165, 1.54) is 4.31 Å². The number of amides is 1. The Balaban J connectivity index is 1.56. The SMILES string of the molecule is O=CN(O)[C@@H](CCCc1ccccn1)CS(=O)(=O)N1CCN(c2ccc(Br)cn2)CC1. The number of carbonyl (C=O) groups is 1. The Kier molecular flexibility index (Phi) is 8.35. The highest BCUT2D eigenvalue weighted by molar-refractivity contribution is 9.10. The molecule has 31 heavy (non-hydrogen) atoms.